The van der Waals surface area contributed by atoms with Gasteiger partial charge in [0.05, 0.1) is 12.7 Å². The summed E-state index contributed by atoms with van der Waals surface area (Å²) in [7, 11) is 1.35. The first-order chi connectivity index (χ1) is 13.1. The number of esters is 1. The number of nitrogens with one attached hydrogen (secondary N) is 2. The number of aromatic amines is 1. The van der Waals surface area contributed by atoms with Crippen LogP contribution in [0.4, 0.5) is 5.69 Å². The molecule has 0 unspecified atom stereocenters. The SMILES string of the molecule is CCc1[nH]c(C(=O)NCc2ccccc2N2CCCC2)c(C)c1C(=O)OC. The van der Waals surface area contributed by atoms with Crippen LogP contribution in [-0.2, 0) is 17.7 Å². The van der Waals surface area contributed by atoms with Crippen molar-refractivity contribution in [1.82, 2.24) is 10.3 Å². The van der Waals surface area contributed by atoms with Crippen molar-refractivity contribution in [3.8, 4) is 0 Å². The quantitative estimate of drug-likeness (QED) is 0.767. The number of nitrogens with zero attached hydrogens (tertiary/aromatic N) is 1. The summed E-state index contributed by atoms with van der Waals surface area (Å²) in [5, 5.41) is 2.99. The number of hydrogen-bond donors (Lipinski definition) is 2. The highest BCUT2D eigenvalue weighted by Gasteiger charge is 2.24. The Balaban J connectivity index is 1.77. The largest absolute Gasteiger partial charge is 0.465 e. The fourth-order valence-electron chi connectivity index (χ4n) is 3.72. The van der Waals surface area contributed by atoms with E-state index in [0.717, 1.165) is 24.3 Å². The zero-order valence-corrected chi connectivity index (χ0v) is 16.2. The number of ether oxygens (including phenoxy) is 1. The second-order valence-corrected chi connectivity index (χ2v) is 6.83. The van der Waals surface area contributed by atoms with Gasteiger partial charge in [-0.2, -0.15) is 0 Å². The van der Waals surface area contributed by atoms with Crippen molar-refractivity contribution in [2.24, 2.45) is 0 Å². The molecule has 1 aromatic carbocycles. The Morgan fingerprint density at radius 2 is 1.93 bits per heavy atom. The Kier molecular flexibility index (Phi) is 5.84. The predicted molar refractivity (Wildman–Crippen MR) is 105 cm³/mol. The molecule has 0 radical (unpaired) electrons. The highest BCUT2D eigenvalue weighted by molar-refractivity contribution is 6.00. The highest BCUT2D eigenvalue weighted by atomic mass is 16.5. The van der Waals surface area contributed by atoms with Crippen LogP contribution in [0, 0.1) is 6.92 Å². The molecule has 3 rings (SSSR count). The summed E-state index contributed by atoms with van der Waals surface area (Å²) in [5.41, 5.74) is 4.52. The van der Waals surface area contributed by atoms with Gasteiger partial charge in [0.1, 0.15) is 5.69 Å². The molecule has 0 spiro atoms. The van der Waals surface area contributed by atoms with Gasteiger partial charge in [0.25, 0.3) is 5.91 Å². The van der Waals surface area contributed by atoms with E-state index in [-0.39, 0.29) is 5.91 Å². The number of methoxy groups -OCH3 is 1. The lowest BCUT2D eigenvalue weighted by atomic mass is 10.1. The Morgan fingerprint density at radius 3 is 2.59 bits per heavy atom. The number of benzene rings is 1. The van der Waals surface area contributed by atoms with Gasteiger partial charge in [0.2, 0.25) is 0 Å². The van der Waals surface area contributed by atoms with E-state index in [0.29, 0.717) is 29.8 Å². The van der Waals surface area contributed by atoms with Gasteiger partial charge in [-0.25, -0.2) is 4.79 Å². The van der Waals surface area contributed by atoms with E-state index in [1.54, 1.807) is 6.92 Å². The number of hydrogen-bond acceptors (Lipinski definition) is 4. The molecule has 0 bridgehead atoms. The minimum absolute atomic E-state index is 0.214. The number of aryl methyl sites for hydroxylation is 1. The molecular formula is C21H27N3O3. The predicted octanol–water partition coefficient (Wildman–Crippen LogP) is 3.20. The fraction of sp³-hybridized carbons (Fsp3) is 0.429. The van der Waals surface area contributed by atoms with E-state index in [1.807, 2.05) is 25.1 Å². The van der Waals surface area contributed by atoms with Crippen LogP contribution < -0.4 is 10.2 Å². The first-order valence-corrected chi connectivity index (χ1v) is 9.47. The Labute approximate surface area is 159 Å². The zero-order valence-electron chi connectivity index (χ0n) is 16.2. The molecule has 1 aliphatic rings. The molecule has 0 atom stereocenters. The minimum atomic E-state index is -0.418. The number of para-hydroxylation sites is 1. The molecule has 1 aliphatic heterocycles. The molecule has 0 saturated carbocycles. The van der Waals surface area contributed by atoms with Crippen LogP contribution in [0.15, 0.2) is 24.3 Å². The third kappa shape index (κ3) is 3.84. The van der Waals surface area contributed by atoms with Crippen molar-refractivity contribution in [3.05, 3.63) is 52.3 Å². The van der Waals surface area contributed by atoms with Crippen LogP contribution in [0.5, 0.6) is 0 Å². The van der Waals surface area contributed by atoms with Gasteiger partial charge in [-0.1, -0.05) is 25.1 Å². The van der Waals surface area contributed by atoms with E-state index in [2.05, 4.69) is 21.3 Å². The van der Waals surface area contributed by atoms with Crippen molar-refractivity contribution in [2.45, 2.75) is 39.7 Å². The van der Waals surface area contributed by atoms with E-state index in [4.69, 9.17) is 4.74 Å². The second-order valence-electron chi connectivity index (χ2n) is 6.83. The maximum Gasteiger partial charge on any atom is 0.339 e. The molecule has 2 aromatic rings. The molecule has 2 N–H and O–H groups in total. The summed E-state index contributed by atoms with van der Waals surface area (Å²) in [6.45, 7) is 6.27. The molecule has 27 heavy (non-hydrogen) atoms. The topological polar surface area (TPSA) is 74.4 Å². The summed E-state index contributed by atoms with van der Waals surface area (Å²) in [5.74, 6) is -0.632. The average molecular weight is 369 g/mol. The van der Waals surface area contributed by atoms with Crippen LogP contribution in [-0.4, -0.2) is 37.1 Å². The Morgan fingerprint density at radius 1 is 1.22 bits per heavy atom. The van der Waals surface area contributed by atoms with E-state index in [9.17, 15) is 9.59 Å². The van der Waals surface area contributed by atoms with Crippen LogP contribution in [0.3, 0.4) is 0 Å². The van der Waals surface area contributed by atoms with Crippen LogP contribution in [0.2, 0.25) is 0 Å². The zero-order chi connectivity index (χ0) is 19.4. The summed E-state index contributed by atoms with van der Waals surface area (Å²) in [6, 6.07) is 8.18. The van der Waals surface area contributed by atoms with Gasteiger partial charge >= 0.3 is 5.97 Å². The normalized spacial score (nSPS) is 13.7. The molecule has 1 aromatic heterocycles. The van der Waals surface area contributed by atoms with Gasteiger partial charge < -0.3 is 19.9 Å². The molecule has 0 aliphatic carbocycles. The first kappa shape index (κ1) is 19.0. The van der Waals surface area contributed by atoms with Gasteiger partial charge in [-0.05, 0) is 43.4 Å². The lowest BCUT2D eigenvalue weighted by Gasteiger charge is -2.21. The number of H-pyrrole nitrogens is 1. The number of carbonyl (C=O) groups is 2. The van der Waals surface area contributed by atoms with Crippen molar-refractivity contribution < 1.29 is 14.3 Å². The van der Waals surface area contributed by atoms with E-state index >= 15 is 0 Å². The number of rotatable bonds is 6. The molecule has 1 amide bonds. The maximum atomic E-state index is 12.8. The Hall–Kier alpha value is -2.76. The Bertz CT molecular complexity index is 835. The standard InChI is InChI=1S/C21H27N3O3/c1-4-16-18(21(26)27-3)14(2)19(23-16)20(25)22-13-15-9-5-6-10-17(15)24-11-7-8-12-24/h5-6,9-10,23H,4,7-8,11-13H2,1-3H3,(H,22,25). The van der Waals surface area contributed by atoms with E-state index < -0.39 is 5.97 Å². The summed E-state index contributed by atoms with van der Waals surface area (Å²) < 4.78 is 4.86. The second kappa shape index (κ2) is 8.29. The summed E-state index contributed by atoms with van der Waals surface area (Å²) in [6.07, 6.45) is 3.03. The monoisotopic (exact) mass is 369 g/mol. The third-order valence-corrected chi connectivity index (χ3v) is 5.18. The molecule has 2 heterocycles. The van der Waals surface area contributed by atoms with Crippen LogP contribution in [0.25, 0.3) is 0 Å². The number of amides is 1. The van der Waals surface area contributed by atoms with Gasteiger partial charge in [-0.15, -0.1) is 0 Å². The number of anilines is 1. The molecule has 1 fully saturated rings. The van der Waals surface area contributed by atoms with Crippen LogP contribution >= 0.6 is 0 Å². The molecule has 1 saturated heterocycles. The smallest absolute Gasteiger partial charge is 0.339 e. The van der Waals surface area contributed by atoms with Crippen molar-refractivity contribution in [3.63, 3.8) is 0 Å². The van der Waals surface area contributed by atoms with Crippen molar-refractivity contribution in [1.29, 1.82) is 0 Å². The number of aromatic nitrogens is 1. The average Bonchev–Trinajstić information content (AvgIpc) is 3.33. The summed E-state index contributed by atoms with van der Waals surface area (Å²) in [4.78, 5) is 30.3. The van der Waals surface area contributed by atoms with Gasteiger partial charge in [-0.3, -0.25) is 4.79 Å². The van der Waals surface area contributed by atoms with Crippen LogP contribution in [0.1, 0.15) is 57.4 Å². The molecule has 6 nitrogen and oxygen atoms in total. The molecule has 6 heteroatoms. The van der Waals surface area contributed by atoms with Gasteiger partial charge in [0.15, 0.2) is 0 Å². The van der Waals surface area contributed by atoms with Crippen molar-refractivity contribution in [2.75, 3.05) is 25.1 Å². The lowest BCUT2D eigenvalue weighted by molar-refractivity contribution is 0.0599. The third-order valence-electron chi connectivity index (χ3n) is 5.18. The fourth-order valence-corrected chi connectivity index (χ4v) is 3.72. The van der Waals surface area contributed by atoms with Crippen molar-refractivity contribution >= 4 is 17.6 Å². The molecule has 144 valence electrons. The maximum absolute atomic E-state index is 12.8. The highest BCUT2D eigenvalue weighted by Crippen LogP contribution is 2.25. The first-order valence-electron chi connectivity index (χ1n) is 9.47. The summed E-state index contributed by atoms with van der Waals surface area (Å²) >= 11 is 0. The lowest BCUT2D eigenvalue weighted by Crippen LogP contribution is -2.26. The minimum Gasteiger partial charge on any atom is -0.465 e. The number of carbonyl (C=O) groups excluding carboxylic acids is 2. The molecular weight excluding hydrogens is 342 g/mol. The van der Waals surface area contributed by atoms with Gasteiger partial charge in [0, 0.05) is 31.0 Å². The van der Waals surface area contributed by atoms with E-state index in [1.165, 1.54) is 25.6 Å².